The molecule has 0 spiro atoms. The lowest BCUT2D eigenvalue weighted by atomic mass is 9.95. The second-order valence-corrected chi connectivity index (χ2v) is 4.94. The summed E-state index contributed by atoms with van der Waals surface area (Å²) >= 11 is 0. The summed E-state index contributed by atoms with van der Waals surface area (Å²) in [7, 11) is 0. The molecule has 0 amide bonds. The van der Waals surface area contributed by atoms with Crippen LogP contribution in [-0.2, 0) is 0 Å². The van der Waals surface area contributed by atoms with Crippen molar-refractivity contribution >= 4 is 0 Å². The van der Waals surface area contributed by atoms with Gasteiger partial charge in [0.2, 0.25) is 0 Å². The molecule has 0 bridgehead atoms. The molecule has 0 radical (unpaired) electrons. The van der Waals surface area contributed by atoms with Gasteiger partial charge in [-0.3, -0.25) is 0 Å². The molecule has 18 heavy (non-hydrogen) atoms. The smallest absolute Gasteiger partial charge is 0.123 e. The number of nitrogens with one attached hydrogen (secondary N) is 1. The number of rotatable bonds is 6. The van der Waals surface area contributed by atoms with Gasteiger partial charge >= 0.3 is 0 Å². The first-order valence-corrected chi connectivity index (χ1v) is 6.96. The maximum absolute atomic E-state index is 12.7. The average Bonchev–Trinajstić information content (AvgIpc) is 2.42. The first-order valence-electron chi connectivity index (χ1n) is 6.96. The summed E-state index contributed by atoms with van der Waals surface area (Å²) in [6.45, 7) is 1.69. The van der Waals surface area contributed by atoms with Gasteiger partial charge < -0.3 is 10.1 Å². The summed E-state index contributed by atoms with van der Waals surface area (Å²) in [5.41, 5.74) is 0. The van der Waals surface area contributed by atoms with E-state index in [2.05, 4.69) is 5.32 Å². The van der Waals surface area contributed by atoms with Gasteiger partial charge in [0.05, 0.1) is 6.61 Å². The zero-order valence-electron chi connectivity index (χ0n) is 10.8. The summed E-state index contributed by atoms with van der Waals surface area (Å²) in [6.07, 6.45) is 7.75. The summed E-state index contributed by atoms with van der Waals surface area (Å²) in [4.78, 5) is 0. The summed E-state index contributed by atoms with van der Waals surface area (Å²) < 4.78 is 18.2. The zero-order valence-corrected chi connectivity index (χ0v) is 10.8. The van der Waals surface area contributed by atoms with Crippen LogP contribution >= 0.6 is 0 Å². The molecule has 1 fully saturated rings. The van der Waals surface area contributed by atoms with Crippen LogP contribution in [0.5, 0.6) is 5.75 Å². The third-order valence-corrected chi connectivity index (χ3v) is 3.44. The fourth-order valence-electron chi connectivity index (χ4n) is 2.41. The van der Waals surface area contributed by atoms with Gasteiger partial charge in [-0.25, -0.2) is 4.39 Å². The lowest BCUT2D eigenvalue weighted by Gasteiger charge is -2.22. The van der Waals surface area contributed by atoms with Crippen molar-refractivity contribution in [3.05, 3.63) is 30.1 Å². The van der Waals surface area contributed by atoms with Gasteiger partial charge in [0.25, 0.3) is 0 Å². The molecular formula is C15H22FNO. The van der Waals surface area contributed by atoms with Crippen molar-refractivity contribution < 1.29 is 9.13 Å². The number of hydrogen-bond donors (Lipinski definition) is 1. The van der Waals surface area contributed by atoms with E-state index in [0.29, 0.717) is 12.6 Å². The van der Waals surface area contributed by atoms with Crippen LogP contribution in [0, 0.1) is 5.82 Å². The van der Waals surface area contributed by atoms with Crippen LogP contribution in [0.2, 0.25) is 0 Å². The Kier molecular flexibility index (Phi) is 5.46. The maximum atomic E-state index is 12.7. The number of benzene rings is 1. The second kappa shape index (κ2) is 7.37. The van der Waals surface area contributed by atoms with Crippen LogP contribution in [0.25, 0.3) is 0 Å². The van der Waals surface area contributed by atoms with Crippen molar-refractivity contribution in [3.8, 4) is 5.75 Å². The molecule has 0 heterocycles. The molecule has 1 aliphatic carbocycles. The molecule has 1 aliphatic rings. The third-order valence-electron chi connectivity index (χ3n) is 3.44. The highest BCUT2D eigenvalue weighted by atomic mass is 19.1. The van der Waals surface area contributed by atoms with Crippen LogP contribution in [0.1, 0.15) is 38.5 Å². The molecule has 100 valence electrons. The first kappa shape index (κ1) is 13.3. The fraction of sp³-hybridized carbons (Fsp3) is 0.600. The van der Waals surface area contributed by atoms with E-state index in [1.165, 1.54) is 44.2 Å². The Morgan fingerprint density at radius 3 is 2.56 bits per heavy atom. The molecule has 0 atom stereocenters. The van der Waals surface area contributed by atoms with E-state index in [0.717, 1.165) is 18.7 Å². The van der Waals surface area contributed by atoms with Gasteiger partial charge in [-0.05, 0) is 50.1 Å². The number of ether oxygens (including phenoxy) is 1. The van der Waals surface area contributed by atoms with E-state index in [-0.39, 0.29) is 5.82 Å². The highest BCUT2D eigenvalue weighted by Gasteiger charge is 2.11. The van der Waals surface area contributed by atoms with Crippen LogP contribution in [0.15, 0.2) is 24.3 Å². The van der Waals surface area contributed by atoms with Crippen molar-refractivity contribution in [2.45, 2.75) is 44.6 Å². The lowest BCUT2D eigenvalue weighted by Crippen LogP contribution is -2.32. The van der Waals surface area contributed by atoms with Crippen LogP contribution in [0.4, 0.5) is 4.39 Å². The highest BCUT2D eigenvalue weighted by molar-refractivity contribution is 5.21. The SMILES string of the molecule is Fc1ccc(OCCCNC2CCCCC2)cc1. The van der Waals surface area contributed by atoms with Crippen molar-refractivity contribution in [2.75, 3.05) is 13.2 Å². The van der Waals surface area contributed by atoms with E-state index in [1.54, 1.807) is 12.1 Å². The standard InChI is InChI=1S/C15H22FNO/c16-13-7-9-15(10-8-13)18-12-4-11-17-14-5-2-1-3-6-14/h7-10,14,17H,1-6,11-12H2. The van der Waals surface area contributed by atoms with Crippen LogP contribution in [0.3, 0.4) is 0 Å². The average molecular weight is 251 g/mol. The molecule has 0 saturated heterocycles. The normalized spacial score (nSPS) is 16.7. The third kappa shape index (κ3) is 4.65. The minimum Gasteiger partial charge on any atom is -0.494 e. The van der Waals surface area contributed by atoms with Crippen molar-refractivity contribution in [2.24, 2.45) is 0 Å². The molecule has 3 heteroatoms. The molecule has 1 aromatic rings. The molecule has 2 rings (SSSR count). The predicted molar refractivity (Wildman–Crippen MR) is 71.4 cm³/mol. The monoisotopic (exact) mass is 251 g/mol. The highest BCUT2D eigenvalue weighted by Crippen LogP contribution is 2.17. The molecular weight excluding hydrogens is 229 g/mol. The Morgan fingerprint density at radius 2 is 1.83 bits per heavy atom. The van der Waals surface area contributed by atoms with Crippen LogP contribution < -0.4 is 10.1 Å². The Balaban J connectivity index is 1.54. The molecule has 2 nitrogen and oxygen atoms in total. The zero-order chi connectivity index (χ0) is 12.6. The van der Waals surface area contributed by atoms with E-state index >= 15 is 0 Å². The van der Waals surface area contributed by atoms with E-state index < -0.39 is 0 Å². The first-order chi connectivity index (χ1) is 8.84. The Labute approximate surface area is 109 Å². The molecule has 0 unspecified atom stereocenters. The lowest BCUT2D eigenvalue weighted by molar-refractivity contribution is 0.296. The van der Waals surface area contributed by atoms with Gasteiger partial charge in [-0.2, -0.15) is 0 Å². The van der Waals surface area contributed by atoms with Gasteiger partial charge in [0.15, 0.2) is 0 Å². The number of halogens is 1. The van der Waals surface area contributed by atoms with Crippen LogP contribution in [-0.4, -0.2) is 19.2 Å². The van der Waals surface area contributed by atoms with Crippen molar-refractivity contribution in [1.29, 1.82) is 0 Å². The van der Waals surface area contributed by atoms with Crippen molar-refractivity contribution in [1.82, 2.24) is 5.32 Å². The second-order valence-electron chi connectivity index (χ2n) is 4.94. The van der Waals surface area contributed by atoms with Gasteiger partial charge in [-0.15, -0.1) is 0 Å². The predicted octanol–water partition coefficient (Wildman–Crippen LogP) is 3.52. The maximum Gasteiger partial charge on any atom is 0.123 e. The molecule has 0 aromatic heterocycles. The quantitative estimate of drug-likeness (QED) is 0.781. The molecule has 1 N–H and O–H groups in total. The minimum absolute atomic E-state index is 0.221. The molecule has 1 saturated carbocycles. The van der Waals surface area contributed by atoms with Gasteiger partial charge in [-0.1, -0.05) is 19.3 Å². The van der Waals surface area contributed by atoms with E-state index in [4.69, 9.17) is 4.74 Å². The Morgan fingerprint density at radius 1 is 1.11 bits per heavy atom. The Hall–Kier alpha value is -1.09. The van der Waals surface area contributed by atoms with E-state index in [9.17, 15) is 4.39 Å². The van der Waals surface area contributed by atoms with Crippen molar-refractivity contribution in [3.63, 3.8) is 0 Å². The summed E-state index contributed by atoms with van der Waals surface area (Å²) in [5, 5.41) is 3.58. The van der Waals surface area contributed by atoms with Gasteiger partial charge in [0, 0.05) is 6.04 Å². The fourth-order valence-corrected chi connectivity index (χ4v) is 2.41. The van der Waals surface area contributed by atoms with E-state index in [1.807, 2.05) is 0 Å². The molecule has 0 aliphatic heterocycles. The Bertz CT molecular complexity index is 333. The number of hydrogen-bond acceptors (Lipinski definition) is 2. The summed E-state index contributed by atoms with van der Waals surface area (Å²) in [6, 6.07) is 6.91. The minimum atomic E-state index is -0.221. The molecule has 1 aromatic carbocycles. The largest absolute Gasteiger partial charge is 0.494 e. The topological polar surface area (TPSA) is 21.3 Å². The van der Waals surface area contributed by atoms with Gasteiger partial charge in [0.1, 0.15) is 11.6 Å². The summed E-state index contributed by atoms with van der Waals surface area (Å²) in [5.74, 6) is 0.524.